The third kappa shape index (κ3) is 3.21. The van der Waals surface area contributed by atoms with Gasteiger partial charge in [-0.2, -0.15) is 0 Å². The number of rotatable bonds is 4. The van der Waals surface area contributed by atoms with Crippen LogP contribution in [0.5, 0.6) is 0 Å². The van der Waals surface area contributed by atoms with Crippen LogP contribution in [0.2, 0.25) is 0 Å². The summed E-state index contributed by atoms with van der Waals surface area (Å²) < 4.78 is 6.40. The molecule has 7 heteroatoms. The fraction of sp³-hybridized carbons (Fsp3) is 1.00. The zero-order valence-electron chi connectivity index (χ0n) is 14.8. The number of hydrazine groups is 1. The maximum atomic E-state index is 4.05. The van der Waals surface area contributed by atoms with Gasteiger partial charge in [-0.15, -0.1) is 0 Å². The zero-order valence-corrected chi connectivity index (χ0v) is 19.1. The Labute approximate surface area is 176 Å². The zero-order chi connectivity index (χ0) is 16.5. The predicted octanol–water partition coefficient (Wildman–Crippen LogP) is -1.94. The van der Waals surface area contributed by atoms with E-state index in [4.69, 9.17) is 0 Å². The minimum absolute atomic E-state index is 0.202. The van der Waals surface area contributed by atoms with Crippen LogP contribution < -0.4 is 32.2 Å². The average molecular weight is 570 g/mol. The van der Waals surface area contributed by atoms with Crippen molar-refractivity contribution in [1.29, 1.82) is 0 Å². The molecule has 0 spiro atoms. The SMILES string of the molecule is IN1CC2CC(NN3CC([I-]N4CC5CC5C4)C4NCCC43)CC1C2. The van der Waals surface area contributed by atoms with Crippen molar-refractivity contribution in [2.24, 2.45) is 17.8 Å². The first-order chi connectivity index (χ1) is 12.2. The standard InChI is InChI=1S/C18H30I2N5/c19-24-7-11-3-14(6-15(24)4-11)22-25-10-16(18-17(25)1-2-21-18)20-23-8-12-5-13(12)9-23/h11-18,21-22H,1-10H2/q-1. The van der Waals surface area contributed by atoms with Gasteiger partial charge in [0, 0.05) is 0 Å². The van der Waals surface area contributed by atoms with Crippen LogP contribution in [0.3, 0.4) is 0 Å². The number of nitrogens with zero attached hydrogens (tertiary/aromatic N) is 3. The molecule has 6 fully saturated rings. The summed E-state index contributed by atoms with van der Waals surface area (Å²) in [7, 11) is 0. The van der Waals surface area contributed by atoms with Crippen LogP contribution in [-0.4, -0.2) is 72.1 Å². The first-order valence-electron chi connectivity index (χ1n) is 10.3. The van der Waals surface area contributed by atoms with E-state index in [1.807, 2.05) is 0 Å². The third-order valence-electron chi connectivity index (χ3n) is 7.55. The van der Waals surface area contributed by atoms with E-state index in [0.717, 1.165) is 45.8 Å². The summed E-state index contributed by atoms with van der Waals surface area (Å²) in [6.45, 7) is 6.74. The second-order valence-electron chi connectivity index (χ2n) is 9.32. The topological polar surface area (TPSA) is 33.8 Å². The first-order valence-corrected chi connectivity index (χ1v) is 13.5. The maximum absolute atomic E-state index is 4.05. The van der Waals surface area contributed by atoms with Crippen molar-refractivity contribution in [2.75, 3.05) is 32.7 Å². The van der Waals surface area contributed by atoms with E-state index in [2.05, 4.69) is 44.8 Å². The van der Waals surface area contributed by atoms with Crippen molar-refractivity contribution in [3.63, 3.8) is 0 Å². The molecule has 2 N–H and O–H groups in total. The summed E-state index contributed by atoms with van der Waals surface area (Å²) in [5, 5.41) is 6.59. The molecule has 2 bridgehead atoms. The molecule has 4 saturated heterocycles. The summed E-state index contributed by atoms with van der Waals surface area (Å²) in [6.07, 6.45) is 7.09. The van der Waals surface area contributed by atoms with E-state index in [9.17, 15) is 0 Å². The van der Waals surface area contributed by atoms with Crippen molar-refractivity contribution >= 4 is 22.9 Å². The molecular formula is C18H30I2N5-. The molecule has 0 aromatic carbocycles. The molecule has 0 aromatic rings. The van der Waals surface area contributed by atoms with Crippen LogP contribution in [0.4, 0.5) is 0 Å². The molecule has 0 aromatic heterocycles. The molecule has 4 aliphatic heterocycles. The van der Waals surface area contributed by atoms with E-state index < -0.39 is 0 Å². The van der Waals surface area contributed by atoms with Gasteiger partial charge in [0.05, 0.1) is 0 Å². The molecule has 4 heterocycles. The van der Waals surface area contributed by atoms with Gasteiger partial charge in [0.1, 0.15) is 0 Å². The van der Waals surface area contributed by atoms with E-state index in [1.54, 1.807) is 6.42 Å². The normalized spacial score (nSPS) is 52.8. The molecule has 6 rings (SSSR count). The van der Waals surface area contributed by atoms with Crippen molar-refractivity contribution in [1.82, 2.24) is 22.0 Å². The van der Waals surface area contributed by atoms with Crippen LogP contribution in [0.25, 0.3) is 0 Å². The summed E-state index contributed by atoms with van der Waals surface area (Å²) >= 11 is 2.77. The summed E-state index contributed by atoms with van der Waals surface area (Å²) in [4.78, 5) is 0. The van der Waals surface area contributed by atoms with Crippen molar-refractivity contribution in [2.45, 2.75) is 60.2 Å². The summed E-state index contributed by atoms with van der Waals surface area (Å²) in [6, 6.07) is 3.09. The van der Waals surface area contributed by atoms with Gasteiger partial charge in [-0.1, -0.05) is 0 Å². The Balaban J connectivity index is 1.10. The molecular weight excluding hydrogens is 540 g/mol. The van der Waals surface area contributed by atoms with Gasteiger partial charge in [-0.05, 0) is 0 Å². The van der Waals surface area contributed by atoms with E-state index in [-0.39, 0.29) is 21.5 Å². The van der Waals surface area contributed by atoms with Crippen LogP contribution in [0, 0.1) is 17.8 Å². The average Bonchev–Trinajstić information content (AvgIpc) is 2.99. The number of nitrogens with one attached hydrogen (secondary N) is 2. The molecule has 2 aliphatic carbocycles. The summed E-state index contributed by atoms with van der Waals surface area (Å²) in [5.74, 6) is 3.13. The monoisotopic (exact) mass is 570 g/mol. The fourth-order valence-electron chi connectivity index (χ4n) is 6.22. The van der Waals surface area contributed by atoms with Crippen LogP contribution in [0.15, 0.2) is 0 Å². The van der Waals surface area contributed by atoms with Gasteiger partial charge >= 0.3 is 177 Å². The number of halogens is 2. The number of hydrogen-bond donors (Lipinski definition) is 2. The molecule has 25 heavy (non-hydrogen) atoms. The van der Waals surface area contributed by atoms with Crippen molar-refractivity contribution in [3.05, 3.63) is 0 Å². The second kappa shape index (κ2) is 6.66. The number of hydrogen-bond acceptors (Lipinski definition) is 5. The van der Waals surface area contributed by atoms with Gasteiger partial charge in [-0.3, -0.25) is 0 Å². The van der Waals surface area contributed by atoms with Crippen LogP contribution in [0.1, 0.15) is 32.1 Å². The van der Waals surface area contributed by atoms with Gasteiger partial charge in [0.15, 0.2) is 0 Å². The predicted molar refractivity (Wildman–Crippen MR) is 103 cm³/mol. The Morgan fingerprint density at radius 1 is 1.00 bits per heavy atom. The van der Waals surface area contributed by atoms with Gasteiger partial charge in [0.2, 0.25) is 0 Å². The summed E-state index contributed by atoms with van der Waals surface area (Å²) in [5.41, 5.74) is 4.05. The van der Waals surface area contributed by atoms with Gasteiger partial charge in [0.25, 0.3) is 0 Å². The second-order valence-corrected chi connectivity index (χ2v) is 14.1. The molecule has 0 radical (unpaired) electrons. The van der Waals surface area contributed by atoms with E-state index in [1.165, 1.54) is 58.4 Å². The van der Waals surface area contributed by atoms with Gasteiger partial charge < -0.3 is 0 Å². The van der Waals surface area contributed by atoms with Crippen LogP contribution in [-0.2, 0) is 0 Å². The molecule has 0 amide bonds. The quantitative estimate of drug-likeness (QED) is 0.234. The number of piperidine rings is 1. The number of alkyl halides is 1. The Kier molecular flexibility index (Phi) is 4.57. The molecule has 8 unspecified atom stereocenters. The van der Waals surface area contributed by atoms with Crippen molar-refractivity contribution in [3.8, 4) is 0 Å². The van der Waals surface area contributed by atoms with Crippen molar-refractivity contribution < 1.29 is 21.5 Å². The Hall–Kier alpha value is 1.26. The van der Waals surface area contributed by atoms with E-state index in [0.29, 0.717) is 0 Å². The van der Waals surface area contributed by atoms with Gasteiger partial charge in [-0.25, -0.2) is 0 Å². The van der Waals surface area contributed by atoms with Crippen LogP contribution >= 0.6 is 22.9 Å². The number of fused-ring (bicyclic) bond motifs is 4. The van der Waals surface area contributed by atoms with E-state index >= 15 is 0 Å². The minimum atomic E-state index is 0.202. The Morgan fingerprint density at radius 3 is 2.72 bits per heavy atom. The fourth-order valence-corrected chi connectivity index (χ4v) is 11.4. The molecule has 8 atom stereocenters. The first kappa shape index (κ1) is 17.1. The molecule has 6 aliphatic rings. The Bertz CT molecular complexity index is 524. The molecule has 2 saturated carbocycles. The third-order valence-corrected chi connectivity index (χ3v) is 12.2. The Morgan fingerprint density at radius 2 is 1.88 bits per heavy atom. The molecule has 142 valence electrons. The molecule has 5 nitrogen and oxygen atoms in total.